The highest BCUT2D eigenvalue weighted by molar-refractivity contribution is 5.83. The van der Waals surface area contributed by atoms with Gasteiger partial charge in [-0.15, -0.1) is 0 Å². The molecule has 0 amide bonds. The van der Waals surface area contributed by atoms with E-state index in [0.29, 0.717) is 23.2 Å². The lowest BCUT2D eigenvalue weighted by Crippen LogP contribution is -2.30. The zero-order chi connectivity index (χ0) is 25.6. The van der Waals surface area contributed by atoms with E-state index in [1.54, 1.807) is 18.2 Å². The van der Waals surface area contributed by atoms with Gasteiger partial charge in [0.25, 0.3) is 0 Å². The molecule has 0 radical (unpaired) electrons. The highest BCUT2D eigenvalue weighted by Crippen LogP contribution is 2.35. The lowest BCUT2D eigenvalue weighted by molar-refractivity contribution is -0.138. The Morgan fingerprint density at radius 1 is 1.06 bits per heavy atom. The second-order valence-corrected chi connectivity index (χ2v) is 8.56. The molecule has 1 aliphatic rings. The molecule has 36 heavy (non-hydrogen) atoms. The Labute approximate surface area is 202 Å². The summed E-state index contributed by atoms with van der Waals surface area (Å²) in [5.41, 5.74) is -0.836. The van der Waals surface area contributed by atoms with E-state index in [9.17, 15) is 26.7 Å². The first-order chi connectivity index (χ1) is 17.2. The molecule has 3 heterocycles. The van der Waals surface area contributed by atoms with Crippen molar-refractivity contribution in [2.75, 3.05) is 25.1 Å². The SMILES string of the molecule is COc1cccc2c1n(Cc1ccccc1C(F)(F)F)c(=O)n2[C@@H]1CCN(c2c(F)cncc2F)C1. The van der Waals surface area contributed by atoms with E-state index in [2.05, 4.69) is 4.98 Å². The van der Waals surface area contributed by atoms with Crippen LogP contribution >= 0.6 is 0 Å². The molecule has 1 aliphatic heterocycles. The summed E-state index contributed by atoms with van der Waals surface area (Å²) in [5.74, 6) is -1.29. The molecule has 2 aromatic carbocycles. The predicted octanol–water partition coefficient (Wildman–Crippen LogP) is 5.00. The number of hydrogen-bond donors (Lipinski definition) is 0. The Morgan fingerprint density at radius 3 is 2.47 bits per heavy atom. The van der Waals surface area contributed by atoms with Gasteiger partial charge in [0, 0.05) is 13.1 Å². The molecule has 0 bridgehead atoms. The summed E-state index contributed by atoms with van der Waals surface area (Å²) in [6, 6.07) is 9.60. The van der Waals surface area contributed by atoms with E-state index in [1.165, 1.54) is 39.3 Å². The number of para-hydroxylation sites is 1. The Bertz CT molecular complexity index is 1470. The van der Waals surface area contributed by atoms with E-state index in [-0.39, 0.29) is 30.9 Å². The molecule has 1 saturated heterocycles. The number of benzene rings is 2. The first kappa shape index (κ1) is 23.8. The van der Waals surface area contributed by atoms with Gasteiger partial charge in [-0.25, -0.2) is 13.6 Å². The Kier molecular flexibility index (Phi) is 5.93. The average molecular weight is 504 g/mol. The van der Waals surface area contributed by atoms with Crippen LogP contribution in [0.25, 0.3) is 11.0 Å². The van der Waals surface area contributed by atoms with Crippen molar-refractivity contribution in [1.29, 1.82) is 0 Å². The van der Waals surface area contributed by atoms with Crippen molar-refractivity contribution in [3.63, 3.8) is 0 Å². The fourth-order valence-corrected chi connectivity index (χ4v) is 4.94. The van der Waals surface area contributed by atoms with Crippen LogP contribution < -0.4 is 15.3 Å². The van der Waals surface area contributed by atoms with E-state index in [1.807, 2.05) is 0 Å². The number of imidazole rings is 1. The van der Waals surface area contributed by atoms with Crippen molar-refractivity contribution < 1.29 is 26.7 Å². The van der Waals surface area contributed by atoms with Crippen molar-refractivity contribution in [3.8, 4) is 5.75 Å². The van der Waals surface area contributed by atoms with Crippen molar-refractivity contribution in [2.24, 2.45) is 0 Å². The molecule has 188 valence electrons. The number of anilines is 1. The molecule has 0 saturated carbocycles. The monoisotopic (exact) mass is 504 g/mol. The van der Waals surface area contributed by atoms with Gasteiger partial charge in [0.1, 0.15) is 17.0 Å². The van der Waals surface area contributed by atoms with Gasteiger partial charge < -0.3 is 9.64 Å². The number of hydrogen-bond acceptors (Lipinski definition) is 4. The first-order valence-corrected chi connectivity index (χ1v) is 11.2. The summed E-state index contributed by atoms with van der Waals surface area (Å²) in [7, 11) is 1.41. The summed E-state index contributed by atoms with van der Waals surface area (Å²) in [5, 5.41) is 0. The number of halogens is 5. The lowest BCUT2D eigenvalue weighted by atomic mass is 10.1. The summed E-state index contributed by atoms with van der Waals surface area (Å²) in [6.07, 6.45) is -2.34. The van der Waals surface area contributed by atoms with Crippen LogP contribution in [0, 0.1) is 11.6 Å². The molecule has 5 rings (SSSR count). The third kappa shape index (κ3) is 3.98. The van der Waals surface area contributed by atoms with Gasteiger partial charge in [0.05, 0.1) is 43.2 Å². The van der Waals surface area contributed by atoms with Crippen molar-refractivity contribution >= 4 is 16.7 Å². The molecule has 1 atom stereocenters. The maximum Gasteiger partial charge on any atom is 0.416 e. The summed E-state index contributed by atoms with van der Waals surface area (Å²) in [4.78, 5) is 18.7. The molecule has 0 aliphatic carbocycles. The number of alkyl halides is 3. The van der Waals surface area contributed by atoms with Gasteiger partial charge >= 0.3 is 11.9 Å². The van der Waals surface area contributed by atoms with Crippen LogP contribution in [-0.4, -0.2) is 34.3 Å². The molecule has 1 fully saturated rings. The van der Waals surface area contributed by atoms with Crippen LogP contribution in [0.15, 0.2) is 59.7 Å². The van der Waals surface area contributed by atoms with Crippen LogP contribution in [0.4, 0.5) is 27.6 Å². The van der Waals surface area contributed by atoms with Gasteiger partial charge in [-0.1, -0.05) is 24.3 Å². The largest absolute Gasteiger partial charge is 0.494 e. The fraction of sp³-hybridized carbons (Fsp3) is 0.280. The second-order valence-electron chi connectivity index (χ2n) is 8.56. The van der Waals surface area contributed by atoms with Crippen LogP contribution in [0.5, 0.6) is 5.75 Å². The third-order valence-corrected chi connectivity index (χ3v) is 6.49. The maximum absolute atomic E-state index is 14.3. The van der Waals surface area contributed by atoms with E-state index < -0.39 is 35.1 Å². The van der Waals surface area contributed by atoms with E-state index in [0.717, 1.165) is 18.5 Å². The Hall–Kier alpha value is -3.89. The first-order valence-electron chi connectivity index (χ1n) is 11.2. The highest BCUT2D eigenvalue weighted by Gasteiger charge is 2.35. The van der Waals surface area contributed by atoms with Gasteiger partial charge in [0.15, 0.2) is 11.6 Å². The topological polar surface area (TPSA) is 52.3 Å². The molecule has 0 spiro atoms. The molecule has 6 nitrogen and oxygen atoms in total. The normalized spacial score (nSPS) is 16.2. The second kappa shape index (κ2) is 8.96. The number of aromatic nitrogens is 3. The number of fused-ring (bicyclic) bond motifs is 1. The average Bonchev–Trinajstić information content (AvgIpc) is 3.41. The fourth-order valence-electron chi connectivity index (χ4n) is 4.94. The molecular formula is C25H21F5N4O2. The number of nitrogens with zero attached hydrogens (tertiary/aromatic N) is 4. The summed E-state index contributed by atoms with van der Waals surface area (Å²) >= 11 is 0. The Balaban J connectivity index is 1.61. The number of methoxy groups -OCH3 is 1. The van der Waals surface area contributed by atoms with Crippen LogP contribution in [0.3, 0.4) is 0 Å². The molecule has 4 aromatic rings. The summed E-state index contributed by atoms with van der Waals surface area (Å²) in [6.45, 7) is 0.0815. The zero-order valence-corrected chi connectivity index (χ0v) is 19.1. The smallest absolute Gasteiger partial charge is 0.416 e. The van der Waals surface area contributed by atoms with Gasteiger partial charge in [-0.3, -0.25) is 14.1 Å². The highest BCUT2D eigenvalue weighted by atomic mass is 19.4. The molecule has 0 unspecified atom stereocenters. The quantitative estimate of drug-likeness (QED) is 0.359. The van der Waals surface area contributed by atoms with Gasteiger partial charge in [-0.05, 0) is 30.2 Å². The van der Waals surface area contributed by atoms with E-state index >= 15 is 0 Å². The standard InChI is InChI=1S/C25H21F5N4O2/c1-36-21-8-4-7-20-23(21)33(13-15-5-2-3-6-17(15)25(28,29)30)24(35)34(20)16-9-10-32(14-16)22-18(26)11-31-12-19(22)27/h2-8,11-12,16H,9-10,13-14H2,1H3/t16-/m1/s1. The minimum atomic E-state index is -4.59. The number of rotatable bonds is 5. The van der Waals surface area contributed by atoms with Crippen LogP contribution in [0.1, 0.15) is 23.6 Å². The van der Waals surface area contributed by atoms with Crippen molar-refractivity contribution in [3.05, 3.63) is 88.1 Å². The Morgan fingerprint density at radius 2 is 1.78 bits per heavy atom. The molecule has 11 heteroatoms. The van der Waals surface area contributed by atoms with Crippen LogP contribution in [-0.2, 0) is 12.7 Å². The molecular weight excluding hydrogens is 483 g/mol. The van der Waals surface area contributed by atoms with Crippen molar-refractivity contribution in [2.45, 2.75) is 25.2 Å². The van der Waals surface area contributed by atoms with Gasteiger partial charge in [0.2, 0.25) is 0 Å². The van der Waals surface area contributed by atoms with Gasteiger partial charge in [-0.2, -0.15) is 13.2 Å². The minimum Gasteiger partial charge on any atom is -0.494 e. The number of ether oxygens (including phenoxy) is 1. The van der Waals surface area contributed by atoms with Crippen LogP contribution in [0.2, 0.25) is 0 Å². The third-order valence-electron chi connectivity index (χ3n) is 6.49. The predicted molar refractivity (Wildman–Crippen MR) is 123 cm³/mol. The number of pyridine rings is 1. The zero-order valence-electron chi connectivity index (χ0n) is 19.1. The lowest BCUT2D eigenvalue weighted by Gasteiger charge is -2.20. The van der Waals surface area contributed by atoms with E-state index in [4.69, 9.17) is 4.74 Å². The summed E-state index contributed by atoms with van der Waals surface area (Å²) < 4.78 is 77.7. The van der Waals surface area contributed by atoms with Crippen molar-refractivity contribution in [1.82, 2.24) is 14.1 Å². The minimum absolute atomic E-state index is 0.0639. The molecule has 2 aromatic heterocycles. The molecule has 0 N–H and O–H groups in total. The maximum atomic E-state index is 14.3.